The van der Waals surface area contributed by atoms with Gasteiger partial charge in [-0.05, 0) is 54.1 Å². The van der Waals surface area contributed by atoms with Crippen LogP contribution in [0.1, 0.15) is 29.0 Å². The summed E-state index contributed by atoms with van der Waals surface area (Å²) in [4.78, 5) is 15.6. The Kier molecular flexibility index (Phi) is 4.90. The van der Waals surface area contributed by atoms with Crippen molar-refractivity contribution in [3.05, 3.63) is 51.7 Å². The normalized spacial score (nSPS) is 17.0. The zero-order valence-electron chi connectivity index (χ0n) is 14.1. The molecule has 0 fully saturated rings. The number of amides is 1. The summed E-state index contributed by atoms with van der Waals surface area (Å²) in [5.41, 5.74) is 2.34. The van der Waals surface area contributed by atoms with Crippen LogP contribution in [-0.2, 0) is 11.2 Å². The molecule has 2 heterocycles. The van der Waals surface area contributed by atoms with Gasteiger partial charge in [-0.2, -0.15) is 0 Å². The van der Waals surface area contributed by atoms with E-state index in [9.17, 15) is 4.79 Å². The molecule has 0 saturated carbocycles. The molecule has 126 valence electrons. The number of hydrogen-bond donors (Lipinski definition) is 0. The first kappa shape index (κ1) is 16.6. The lowest BCUT2D eigenvalue weighted by molar-refractivity contribution is -0.128. The van der Waals surface area contributed by atoms with Gasteiger partial charge < -0.3 is 14.4 Å². The topological polar surface area (TPSA) is 38.8 Å². The zero-order valence-corrected chi connectivity index (χ0v) is 14.9. The van der Waals surface area contributed by atoms with Gasteiger partial charge in [-0.3, -0.25) is 4.79 Å². The van der Waals surface area contributed by atoms with Crippen molar-refractivity contribution in [1.82, 2.24) is 4.90 Å². The van der Waals surface area contributed by atoms with Crippen LogP contribution >= 0.6 is 11.3 Å². The average Bonchev–Trinajstić information content (AvgIpc) is 3.12. The Bertz CT molecular complexity index is 752. The summed E-state index contributed by atoms with van der Waals surface area (Å²) in [6, 6.07) is 8.00. The summed E-state index contributed by atoms with van der Waals surface area (Å²) < 4.78 is 10.8. The minimum atomic E-state index is 0.00837. The van der Waals surface area contributed by atoms with Crippen LogP contribution < -0.4 is 9.47 Å². The molecule has 1 aromatic heterocycles. The molecule has 0 N–H and O–H groups in total. The van der Waals surface area contributed by atoms with E-state index in [1.807, 2.05) is 40.6 Å². The molecule has 0 bridgehead atoms. The van der Waals surface area contributed by atoms with Gasteiger partial charge in [-0.25, -0.2) is 0 Å². The monoisotopic (exact) mass is 343 g/mol. The first-order valence-corrected chi connectivity index (χ1v) is 8.79. The number of thiophene rings is 1. The van der Waals surface area contributed by atoms with Crippen molar-refractivity contribution >= 4 is 23.3 Å². The molecule has 1 aliphatic rings. The summed E-state index contributed by atoms with van der Waals surface area (Å²) in [6.45, 7) is 2.76. The van der Waals surface area contributed by atoms with E-state index in [1.54, 1.807) is 31.6 Å². The second-order valence-corrected chi connectivity index (χ2v) is 6.69. The Morgan fingerprint density at radius 2 is 2.04 bits per heavy atom. The maximum Gasteiger partial charge on any atom is 0.247 e. The van der Waals surface area contributed by atoms with Gasteiger partial charge in [0.2, 0.25) is 5.91 Å². The molecule has 3 rings (SSSR count). The first-order valence-electron chi connectivity index (χ1n) is 7.91. The lowest BCUT2D eigenvalue weighted by atomic mass is 9.92. The third kappa shape index (κ3) is 3.17. The number of fused-ring (bicyclic) bond motifs is 1. The molecule has 5 heteroatoms. The van der Waals surface area contributed by atoms with Gasteiger partial charge in [0.25, 0.3) is 0 Å². The maximum atomic E-state index is 12.6. The summed E-state index contributed by atoms with van der Waals surface area (Å²) in [7, 11) is 3.27. The molecule has 1 aliphatic heterocycles. The van der Waals surface area contributed by atoms with E-state index >= 15 is 0 Å². The first-order chi connectivity index (χ1) is 11.6. The highest BCUT2D eigenvalue weighted by molar-refractivity contribution is 7.10. The smallest absolute Gasteiger partial charge is 0.247 e. The van der Waals surface area contributed by atoms with Crippen LogP contribution in [0.25, 0.3) is 6.08 Å². The van der Waals surface area contributed by atoms with Crippen LogP contribution in [0.4, 0.5) is 0 Å². The number of rotatable bonds is 4. The molecule has 1 amide bonds. The van der Waals surface area contributed by atoms with E-state index in [1.165, 1.54) is 5.56 Å². The summed E-state index contributed by atoms with van der Waals surface area (Å²) in [5, 5.41) is 2.00. The molecule has 4 nitrogen and oxygen atoms in total. The number of carbonyl (C=O) groups is 1. The van der Waals surface area contributed by atoms with E-state index in [4.69, 9.17) is 9.47 Å². The van der Waals surface area contributed by atoms with Gasteiger partial charge in [0.05, 0.1) is 20.3 Å². The van der Waals surface area contributed by atoms with Crippen molar-refractivity contribution in [2.24, 2.45) is 0 Å². The Hall–Kier alpha value is -2.27. The largest absolute Gasteiger partial charge is 0.493 e. The fourth-order valence-corrected chi connectivity index (χ4v) is 3.70. The number of ether oxygens (including phenoxy) is 2. The number of benzene rings is 1. The third-order valence-electron chi connectivity index (χ3n) is 4.40. The van der Waals surface area contributed by atoms with E-state index in [2.05, 4.69) is 6.92 Å². The lowest BCUT2D eigenvalue weighted by Crippen LogP contribution is -2.37. The van der Waals surface area contributed by atoms with Crippen molar-refractivity contribution in [1.29, 1.82) is 0 Å². The number of hydrogen-bond acceptors (Lipinski definition) is 4. The number of nitrogens with zero attached hydrogens (tertiary/aromatic N) is 1. The quantitative estimate of drug-likeness (QED) is 0.790. The minimum Gasteiger partial charge on any atom is -0.493 e. The predicted octanol–water partition coefficient (Wildman–Crippen LogP) is 3.92. The van der Waals surface area contributed by atoms with Crippen LogP contribution in [0.5, 0.6) is 11.5 Å². The van der Waals surface area contributed by atoms with E-state index in [-0.39, 0.29) is 11.9 Å². The Labute approximate surface area is 146 Å². The average molecular weight is 343 g/mol. The highest BCUT2D eigenvalue weighted by atomic mass is 32.1. The van der Waals surface area contributed by atoms with Crippen molar-refractivity contribution in [2.75, 3.05) is 20.8 Å². The summed E-state index contributed by atoms with van der Waals surface area (Å²) >= 11 is 1.62. The van der Waals surface area contributed by atoms with Crippen LogP contribution in [0.15, 0.2) is 35.7 Å². The van der Waals surface area contributed by atoms with Crippen molar-refractivity contribution < 1.29 is 14.3 Å². The van der Waals surface area contributed by atoms with Crippen LogP contribution in [0, 0.1) is 0 Å². The van der Waals surface area contributed by atoms with Gasteiger partial charge in [0.15, 0.2) is 11.5 Å². The predicted molar refractivity (Wildman–Crippen MR) is 96.7 cm³/mol. The zero-order chi connectivity index (χ0) is 17.1. The van der Waals surface area contributed by atoms with Crippen molar-refractivity contribution in [3.8, 4) is 11.5 Å². The second kappa shape index (κ2) is 7.09. The third-order valence-corrected chi connectivity index (χ3v) is 5.24. The lowest BCUT2D eigenvalue weighted by Gasteiger charge is -2.35. The molecule has 0 unspecified atom stereocenters. The Balaban J connectivity index is 1.83. The number of carbonyl (C=O) groups excluding carboxylic acids is 1. The molecule has 0 radical (unpaired) electrons. The Morgan fingerprint density at radius 3 is 2.71 bits per heavy atom. The van der Waals surface area contributed by atoms with Crippen molar-refractivity contribution in [3.63, 3.8) is 0 Å². The van der Waals surface area contributed by atoms with Crippen molar-refractivity contribution in [2.45, 2.75) is 19.4 Å². The SMILES string of the molecule is COc1cc2c(cc1OC)[C@H](C)N(C(=O)/C=C/c1cccs1)CC2. The molecule has 0 saturated heterocycles. The molecule has 1 aromatic carbocycles. The molecular formula is C19H21NO3S. The fraction of sp³-hybridized carbons (Fsp3) is 0.316. The second-order valence-electron chi connectivity index (χ2n) is 5.71. The molecule has 24 heavy (non-hydrogen) atoms. The van der Waals surface area contributed by atoms with Gasteiger partial charge in [0, 0.05) is 17.5 Å². The van der Waals surface area contributed by atoms with E-state index < -0.39 is 0 Å². The summed E-state index contributed by atoms with van der Waals surface area (Å²) in [6.07, 6.45) is 4.36. The van der Waals surface area contributed by atoms with E-state index in [0.29, 0.717) is 12.3 Å². The standard InChI is InChI=1S/C19H21NO3S/c1-13-16-12-18(23-3)17(22-2)11-14(16)8-9-20(13)19(21)7-6-15-5-4-10-24-15/h4-7,10-13H,8-9H2,1-3H3/b7-6+/t13-/m0/s1. The minimum absolute atomic E-state index is 0.00837. The molecule has 2 aromatic rings. The van der Waals surface area contributed by atoms with Gasteiger partial charge >= 0.3 is 0 Å². The van der Waals surface area contributed by atoms with E-state index in [0.717, 1.165) is 22.6 Å². The fourth-order valence-electron chi connectivity index (χ4n) is 3.08. The van der Waals surface area contributed by atoms with Crippen LogP contribution in [-0.4, -0.2) is 31.6 Å². The highest BCUT2D eigenvalue weighted by Crippen LogP contribution is 2.37. The molecule has 1 atom stereocenters. The van der Waals surface area contributed by atoms with Gasteiger partial charge in [0.1, 0.15) is 0 Å². The number of methoxy groups -OCH3 is 2. The highest BCUT2D eigenvalue weighted by Gasteiger charge is 2.28. The van der Waals surface area contributed by atoms with Gasteiger partial charge in [-0.1, -0.05) is 6.07 Å². The molecule has 0 spiro atoms. The van der Waals surface area contributed by atoms with Gasteiger partial charge in [-0.15, -0.1) is 11.3 Å². The Morgan fingerprint density at radius 1 is 1.29 bits per heavy atom. The summed E-state index contributed by atoms with van der Waals surface area (Å²) in [5.74, 6) is 1.48. The van der Waals surface area contributed by atoms with Crippen LogP contribution in [0.3, 0.4) is 0 Å². The molecular weight excluding hydrogens is 322 g/mol. The molecule has 0 aliphatic carbocycles. The van der Waals surface area contributed by atoms with Crippen LogP contribution in [0.2, 0.25) is 0 Å². The maximum absolute atomic E-state index is 12.6.